The van der Waals surface area contributed by atoms with Crippen LogP contribution in [0.1, 0.15) is 5.56 Å². The van der Waals surface area contributed by atoms with Gasteiger partial charge in [0.1, 0.15) is 0 Å². The largest absolute Gasteiger partial charge is 0.334 e. The molecule has 0 bridgehead atoms. The van der Waals surface area contributed by atoms with Gasteiger partial charge in [0, 0.05) is 22.9 Å². The summed E-state index contributed by atoms with van der Waals surface area (Å²) in [4.78, 5) is 4.53. The van der Waals surface area contributed by atoms with E-state index in [0.29, 0.717) is 11.7 Å². The van der Waals surface area contributed by atoms with Crippen LogP contribution in [0.15, 0.2) is 65.3 Å². The molecule has 0 radical (unpaired) electrons. The van der Waals surface area contributed by atoms with E-state index in [-0.39, 0.29) is 0 Å². The molecule has 112 valence electrons. The maximum Gasteiger partial charge on any atom is 0.258 e. The van der Waals surface area contributed by atoms with Crippen molar-refractivity contribution in [2.45, 2.75) is 6.92 Å². The molecule has 0 fully saturated rings. The molecule has 0 saturated carbocycles. The molecule has 23 heavy (non-hydrogen) atoms. The first kappa shape index (κ1) is 13.5. The third-order valence-corrected chi connectivity index (χ3v) is 3.73. The fourth-order valence-corrected chi connectivity index (χ4v) is 2.51. The fourth-order valence-electron chi connectivity index (χ4n) is 2.51. The van der Waals surface area contributed by atoms with E-state index in [1.54, 1.807) is 6.20 Å². The summed E-state index contributed by atoms with van der Waals surface area (Å²) in [6.45, 7) is 2.03. The molecule has 2 aromatic heterocycles. The Kier molecular flexibility index (Phi) is 3.24. The molecule has 2 heterocycles. The standard InChI is InChI=1S/C18H14N4O/c1-12-5-2-3-8-15(12)18-20-17(22-23-18)14-7-4-6-13(11-14)16-9-10-19-21-16/h2-11H,1H3,(H,19,21). The first-order chi connectivity index (χ1) is 11.3. The molecule has 5 nitrogen and oxygen atoms in total. The number of rotatable bonds is 3. The minimum Gasteiger partial charge on any atom is -0.334 e. The molecule has 0 aliphatic heterocycles. The highest BCUT2D eigenvalue weighted by Gasteiger charge is 2.12. The van der Waals surface area contributed by atoms with E-state index in [1.807, 2.05) is 61.5 Å². The molecule has 0 saturated heterocycles. The molecule has 4 rings (SSSR count). The number of aromatic amines is 1. The van der Waals surface area contributed by atoms with Gasteiger partial charge in [-0.1, -0.05) is 41.6 Å². The van der Waals surface area contributed by atoms with Crippen molar-refractivity contribution in [3.63, 3.8) is 0 Å². The molecule has 0 spiro atoms. The second kappa shape index (κ2) is 5.53. The van der Waals surface area contributed by atoms with Gasteiger partial charge < -0.3 is 4.52 Å². The zero-order valence-corrected chi connectivity index (χ0v) is 12.5. The van der Waals surface area contributed by atoms with Crippen LogP contribution in [0, 0.1) is 6.92 Å². The van der Waals surface area contributed by atoms with E-state index in [1.165, 1.54) is 0 Å². The van der Waals surface area contributed by atoms with Gasteiger partial charge in [0.2, 0.25) is 5.82 Å². The van der Waals surface area contributed by atoms with Crippen molar-refractivity contribution in [2.24, 2.45) is 0 Å². The van der Waals surface area contributed by atoms with Gasteiger partial charge >= 0.3 is 0 Å². The smallest absolute Gasteiger partial charge is 0.258 e. The Labute approximate surface area is 133 Å². The predicted octanol–water partition coefficient (Wildman–Crippen LogP) is 4.10. The summed E-state index contributed by atoms with van der Waals surface area (Å²) in [6.07, 6.45) is 1.73. The lowest BCUT2D eigenvalue weighted by atomic mass is 10.1. The summed E-state index contributed by atoms with van der Waals surface area (Å²) < 4.78 is 5.44. The molecule has 1 N–H and O–H groups in total. The van der Waals surface area contributed by atoms with Crippen LogP contribution in [0.2, 0.25) is 0 Å². The topological polar surface area (TPSA) is 67.6 Å². The van der Waals surface area contributed by atoms with Crippen molar-refractivity contribution < 1.29 is 4.52 Å². The van der Waals surface area contributed by atoms with Gasteiger partial charge in [0.15, 0.2) is 0 Å². The molecular formula is C18H14N4O. The Morgan fingerprint density at radius 2 is 1.83 bits per heavy atom. The summed E-state index contributed by atoms with van der Waals surface area (Å²) in [6, 6.07) is 17.8. The SMILES string of the molecule is Cc1ccccc1-c1nc(-c2cccc(-c3ccn[nH]3)c2)no1. The van der Waals surface area contributed by atoms with Crippen molar-refractivity contribution in [2.75, 3.05) is 0 Å². The van der Waals surface area contributed by atoms with Crippen LogP contribution in [-0.4, -0.2) is 20.3 Å². The highest BCUT2D eigenvalue weighted by Crippen LogP contribution is 2.27. The van der Waals surface area contributed by atoms with Crippen molar-refractivity contribution in [3.05, 3.63) is 66.4 Å². The molecule has 0 amide bonds. The van der Waals surface area contributed by atoms with Crippen LogP contribution in [-0.2, 0) is 0 Å². The quantitative estimate of drug-likeness (QED) is 0.618. The van der Waals surface area contributed by atoms with E-state index in [2.05, 4.69) is 20.3 Å². The Morgan fingerprint density at radius 3 is 2.65 bits per heavy atom. The van der Waals surface area contributed by atoms with E-state index in [9.17, 15) is 0 Å². The minimum absolute atomic E-state index is 0.532. The summed E-state index contributed by atoms with van der Waals surface area (Å²) in [5.41, 5.74) is 4.95. The first-order valence-corrected chi connectivity index (χ1v) is 7.31. The van der Waals surface area contributed by atoms with Crippen molar-refractivity contribution in [3.8, 4) is 34.1 Å². The molecule has 0 atom stereocenters. The van der Waals surface area contributed by atoms with Gasteiger partial charge in [-0.05, 0) is 30.7 Å². The van der Waals surface area contributed by atoms with Crippen molar-refractivity contribution in [1.82, 2.24) is 20.3 Å². The Hall–Kier alpha value is -3.21. The van der Waals surface area contributed by atoms with E-state index >= 15 is 0 Å². The third kappa shape index (κ3) is 2.53. The number of aromatic nitrogens is 4. The van der Waals surface area contributed by atoms with Crippen LogP contribution in [0.5, 0.6) is 0 Å². The van der Waals surface area contributed by atoms with E-state index in [0.717, 1.165) is 27.9 Å². The van der Waals surface area contributed by atoms with E-state index in [4.69, 9.17) is 4.52 Å². The van der Waals surface area contributed by atoms with Gasteiger partial charge in [-0.25, -0.2) is 0 Å². The number of H-pyrrole nitrogens is 1. The highest BCUT2D eigenvalue weighted by molar-refractivity contribution is 5.68. The molecule has 0 aliphatic carbocycles. The molecule has 0 aliphatic rings. The third-order valence-electron chi connectivity index (χ3n) is 3.73. The van der Waals surface area contributed by atoms with Crippen LogP contribution in [0.4, 0.5) is 0 Å². The molecule has 2 aromatic carbocycles. The van der Waals surface area contributed by atoms with Gasteiger partial charge in [-0.2, -0.15) is 10.1 Å². The zero-order chi connectivity index (χ0) is 15.6. The molecular weight excluding hydrogens is 288 g/mol. The Bertz CT molecular complexity index is 941. The van der Waals surface area contributed by atoms with Crippen LogP contribution in [0.3, 0.4) is 0 Å². The lowest BCUT2D eigenvalue weighted by molar-refractivity contribution is 0.432. The number of benzene rings is 2. The van der Waals surface area contributed by atoms with Crippen molar-refractivity contribution in [1.29, 1.82) is 0 Å². The Morgan fingerprint density at radius 1 is 0.957 bits per heavy atom. The Balaban J connectivity index is 1.73. The zero-order valence-electron chi connectivity index (χ0n) is 12.5. The first-order valence-electron chi connectivity index (χ1n) is 7.31. The summed E-state index contributed by atoms with van der Waals surface area (Å²) >= 11 is 0. The second-order valence-corrected chi connectivity index (χ2v) is 5.29. The number of nitrogens with one attached hydrogen (secondary N) is 1. The number of hydrogen-bond acceptors (Lipinski definition) is 4. The number of aryl methyl sites for hydroxylation is 1. The maximum absolute atomic E-state index is 5.44. The average molecular weight is 302 g/mol. The normalized spacial score (nSPS) is 10.8. The second-order valence-electron chi connectivity index (χ2n) is 5.29. The van der Waals surface area contributed by atoms with Gasteiger partial charge in [0.05, 0.1) is 5.69 Å². The van der Waals surface area contributed by atoms with Crippen LogP contribution in [0.25, 0.3) is 34.1 Å². The van der Waals surface area contributed by atoms with Gasteiger partial charge in [-0.15, -0.1) is 0 Å². The molecule has 4 aromatic rings. The summed E-state index contributed by atoms with van der Waals surface area (Å²) in [5, 5.41) is 11.1. The summed E-state index contributed by atoms with van der Waals surface area (Å²) in [5.74, 6) is 1.11. The lowest BCUT2D eigenvalue weighted by Crippen LogP contribution is -1.85. The summed E-state index contributed by atoms with van der Waals surface area (Å²) in [7, 11) is 0. The number of nitrogens with zero attached hydrogens (tertiary/aromatic N) is 3. The van der Waals surface area contributed by atoms with E-state index < -0.39 is 0 Å². The number of hydrogen-bond donors (Lipinski definition) is 1. The monoisotopic (exact) mass is 302 g/mol. The van der Waals surface area contributed by atoms with Crippen molar-refractivity contribution >= 4 is 0 Å². The fraction of sp³-hybridized carbons (Fsp3) is 0.0556. The molecule has 5 heteroatoms. The maximum atomic E-state index is 5.44. The average Bonchev–Trinajstić information content (AvgIpc) is 3.27. The lowest BCUT2D eigenvalue weighted by Gasteiger charge is -2.00. The predicted molar refractivity (Wildman–Crippen MR) is 87.5 cm³/mol. The highest BCUT2D eigenvalue weighted by atomic mass is 16.5. The van der Waals surface area contributed by atoms with Crippen LogP contribution >= 0.6 is 0 Å². The van der Waals surface area contributed by atoms with Gasteiger partial charge in [-0.3, -0.25) is 5.10 Å². The minimum atomic E-state index is 0.532. The van der Waals surface area contributed by atoms with Gasteiger partial charge in [0.25, 0.3) is 5.89 Å². The van der Waals surface area contributed by atoms with Crippen LogP contribution < -0.4 is 0 Å². The molecule has 0 unspecified atom stereocenters.